The van der Waals surface area contributed by atoms with Crippen LogP contribution in [0.1, 0.15) is 51.9 Å². The van der Waals surface area contributed by atoms with E-state index >= 15 is 0 Å². The second kappa shape index (κ2) is 9.96. The molecule has 3 fully saturated rings. The number of Topliss-reactive ketones (excluding diaryl/α,β-unsaturated/α-hetero) is 1. The van der Waals surface area contributed by atoms with Crippen LogP contribution in [-0.2, 0) is 23.9 Å². The van der Waals surface area contributed by atoms with Crippen molar-refractivity contribution >= 4 is 23.5 Å². The number of halogens is 3. The third-order valence-corrected chi connectivity index (χ3v) is 6.66. The van der Waals surface area contributed by atoms with Crippen LogP contribution in [0.5, 0.6) is 0 Å². The summed E-state index contributed by atoms with van der Waals surface area (Å²) in [6.07, 6.45) is -3.22. The summed E-state index contributed by atoms with van der Waals surface area (Å²) in [6.45, 7) is 1.20. The number of nitrogens with one attached hydrogen (secondary N) is 2. The van der Waals surface area contributed by atoms with Crippen molar-refractivity contribution in [1.82, 2.24) is 15.5 Å². The maximum absolute atomic E-state index is 13.1. The van der Waals surface area contributed by atoms with Crippen molar-refractivity contribution in [2.24, 2.45) is 11.3 Å². The molecule has 4 atom stereocenters. The lowest BCUT2D eigenvalue weighted by molar-refractivity contribution is -0.321. The second-order valence-corrected chi connectivity index (χ2v) is 9.26. The molecule has 0 bridgehead atoms. The molecule has 1 aliphatic carbocycles. The molecule has 2 aliphatic heterocycles. The summed E-state index contributed by atoms with van der Waals surface area (Å²) in [4.78, 5) is 51.6. The second-order valence-electron chi connectivity index (χ2n) is 9.26. The number of amides is 3. The molecule has 0 radical (unpaired) electrons. The fourth-order valence-electron chi connectivity index (χ4n) is 4.60. The molecule has 2 heterocycles. The van der Waals surface area contributed by atoms with Gasteiger partial charge in [0.05, 0.1) is 6.04 Å². The van der Waals surface area contributed by atoms with Gasteiger partial charge in [0.1, 0.15) is 18.8 Å². The minimum absolute atomic E-state index is 0.165. The highest BCUT2D eigenvalue weighted by molar-refractivity contribution is 5.95. The maximum Gasteiger partial charge on any atom is 0.522 e. The van der Waals surface area contributed by atoms with E-state index in [1.807, 2.05) is 6.92 Å². The van der Waals surface area contributed by atoms with Crippen molar-refractivity contribution in [2.45, 2.75) is 76.4 Å². The first-order chi connectivity index (χ1) is 15.4. The van der Waals surface area contributed by atoms with Gasteiger partial charge in [0.15, 0.2) is 5.78 Å². The van der Waals surface area contributed by atoms with E-state index in [2.05, 4.69) is 15.4 Å². The number of aliphatic hydroxyl groups is 1. The number of likely N-dealkylation sites (tertiary alicyclic amines) is 1. The molecule has 1 spiro atoms. The van der Waals surface area contributed by atoms with Crippen LogP contribution in [0.4, 0.5) is 13.2 Å². The van der Waals surface area contributed by atoms with E-state index < -0.39 is 54.7 Å². The lowest BCUT2D eigenvalue weighted by Crippen LogP contribution is -2.53. The summed E-state index contributed by atoms with van der Waals surface area (Å²) in [7, 11) is 0. The van der Waals surface area contributed by atoms with Crippen molar-refractivity contribution in [2.75, 3.05) is 19.7 Å². The van der Waals surface area contributed by atoms with E-state index in [-0.39, 0.29) is 24.2 Å². The summed E-state index contributed by atoms with van der Waals surface area (Å²) in [5.74, 6) is -3.23. The summed E-state index contributed by atoms with van der Waals surface area (Å²) < 4.78 is 40.9. The highest BCUT2D eigenvalue weighted by Gasteiger charge is 2.56. The van der Waals surface area contributed by atoms with Crippen LogP contribution in [-0.4, -0.2) is 77.8 Å². The Morgan fingerprint density at radius 2 is 2.03 bits per heavy atom. The molecule has 3 aliphatic rings. The number of hydrogen-bond donors (Lipinski definition) is 3. The Kier molecular flexibility index (Phi) is 7.67. The Balaban J connectivity index is 1.72. The minimum Gasteiger partial charge on any atom is -0.383 e. The quantitative estimate of drug-likeness (QED) is 0.424. The van der Waals surface area contributed by atoms with Gasteiger partial charge in [-0.15, -0.1) is 13.2 Å². The molecular weight excluding hydrogens is 447 g/mol. The van der Waals surface area contributed by atoms with E-state index in [0.29, 0.717) is 32.4 Å². The number of aliphatic hydroxyl groups excluding tert-OH is 1. The Morgan fingerprint density at radius 1 is 1.33 bits per heavy atom. The van der Waals surface area contributed by atoms with E-state index in [1.54, 1.807) is 0 Å². The van der Waals surface area contributed by atoms with Gasteiger partial charge in [-0.1, -0.05) is 13.3 Å². The van der Waals surface area contributed by atoms with Gasteiger partial charge >= 0.3 is 6.36 Å². The third kappa shape index (κ3) is 6.44. The van der Waals surface area contributed by atoms with Crippen molar-refractivity contribution in [1.29, 1.82) is 0 Å². The molecule has 0 unspecified atom stereocenters. The molecule has 0 aromatic heterocycles. The zero-order valence-corrected chi connectivity index (χ0v) is 18.5. The molecule has 9 nitrogen and oxygen atoms in total. The first-order valence-electron chi connectivity index (χ1n) is 11.2. The Bertz CT molecular complexity index is 786. The smallest absolute Gasteiger partial charge is 0.383 e. The molecule has 3 amide bonds. The average molecular weight is 477 g/mol. The maximum atomic E-state index is 13.1. The molecule has 3 N–H and O–H groups in total. The number of ether oxygens (including phenoxy) is 1. The van der Waals surface area contributed by atoms with Gasteiger partial charge in [-0.3, -0.25) is 23.9 Å². The number of ketones is 1. The Labute approximate surface area is 189 Å². The number of alkyl halides is 3. The summed E-state index contributed by atoms with van der Waals surface area (Å²) in [5, 5.41) is 15.2. The highest BCUT2D eigenvalue weighted by atomic mass is 19.4. The Hall–Kier alpha value is -2.21. The molecule has 0 aromatic carbocycles. The highest BCUT2D eigenvalue weighted by Crippen LogP contribution is 2.55. The van der Waals surface area contributed by atoms with Crippen molar-refractivity contribution in [3.63, 3.8) is 0 Å². The predicted molar refractivity (Wildman–Crippen MR) is 107 cm³/mol. The number of hydrogen-bond acceptors (Lipinski definition) is 6. The Morgan fingerprint density at radius 3 is 2.58 bits per heavy atom. The SMILES string of the molecule is CCC[C@@H](O)C(=O)N1CC2(CC2)C[C@H]1C(=O)N[C@@H](C[C@@H]1CCNC1=O)C(=O)COC(F)(F)F. The molecule has 2 saturated heterocycles. The third-order valence-electron chi connectivity index (χ3n) is 6.66. The van der Waals surface area contributed by atoms with E-state index in [4.69, 9.17) is 0 Å². The normalized spacial score (nSPS) is 25.6. The molecule has 33 heavy (non-hydrogen) atoms. The van der Waals surface area contributed by atoms with Gasteiger partial charge in [0.2, 0.25) is 11.8 Å². The minimum atomic E-state index is -5.02. The zero-order valence-electron chi connectivity index (χ0n) is 18.5. The fraction of sp³-hybridized carbons (Fsp3) is 0.810. The molecule has 3 rings (SSSR count). The van der Waals surface area contributed by atoms with Gasteiger partial charge < -0.3 is 20.6 Å². The molecule has 0 aromatic rings. The monoisotopic (exact) mass is 477 g/mol. The summed E-state index contributed by atoms with van der Waals surface area (Å²) >= 11 is 0. The van der Waals surface area contributed by atoms with Crippen molar-refractivity contribution < 1.29 is 42.2 Å². The lowest BCUT2D eigenvalue weighted by atomic mass is 9.95. The molecular formula is C21H30F3N3O6. The number of rotatable bonds is 10. The van der Waals surface area contributed by atoms with Gasteiger partial charge in [-0.25, -0.2) is 0 Å². The van der Waals surface area contributed by atoms with Crippen LogP contribution in [0.2, 0.25) is 0 Å². The van der Waals surface area contributed by atoms with Crippen LogP contribution >= 0.6 is 0 Å². The van der Waals surface area contributed by atoms with Gasteiger partial charge in [0.25, 0.3) is 5.91 Å². The lowest BCUT2D eigenvalue weighted by Gasteiger charge is -2.28. The van der Waals surface area contributed by atoms with Gasteiger partial charge in [-0.05, 0) is 43.9 Å². The first kappa shape index (κ1) is 25.4. The summed E-state index contributed by atoms with van der Waals surface area (Å²) in [6, 6.07) is -2.32. The molecule has 12 heteroatoms. The topological polar surface area (TPSA) is 125 Å². The van der Waals surface area contributed by atoms with Gasteiger partial charge in [-0.2, -0.15) is 0 Å². The van der Waals surface area contributed by atoms with Crippen LogP contribution in [0, 0.1) is 11.3 Å². The van der Waals surface area contributed by atoms with E-state index in [9.17, 15) is 37.5 Å². The average Bonchev–Trinajstić information content (AvgIpc) is 3.20. The van der Waals surface area contributed by atoms with Crippen LogP contribution in [0.15, 0.2) is 0 Å². The van der Waals surface area contributed by atoms with Crippen LogP contribution in [0.25, 0.3) is 0 Å². The number of carbonyl (C=O) groups excluding carboxylic acids is 4. The number of nitrogens with zero attached hydrogens (tertiary/aromatic N) is 1. The standard InChI is InChI=1S/C21H30F3N3O6/c1-2-3-15(28)19(32)27-11-20(5-6-20)9-14(27)18(31)26-13(8-12-4-7-25-17(12)30)16(29)10-33-21(22,23)24/h12-15,28H,2-11H2,1H3,(H,25,30)(H,26,31)/t12-,13-,14-,15+/m0/s1. The number of carbonyl (C=O) groups is 4. The predicted octanol–water partition coefficient (Wildman–Crippen LogP) is 0.645. The van der Waals surface area contributed by atoms with Crippen molar-refractivity contribution in [3.05, 3.63) is 0 Å². The van der Waals surface area contributed by atoms with E-state index in [0.717, 1.165) is 12.8 Å². The first-order valence-corrected chi connectivity index (χ1v) is 11.2. The largest absolute Gasteiger partial charge is 0.522 e. The molecule has 1 saturated carbocycles. The van der Waals surface area contributed by atoms with Gasteiger partial charge in [0, 0.05) is 19.0 Å². The van der Waals surface area contributed by atoms with Crippen molar-refractivity contribution in [3.8, 4) is 0 Å². The summed E-state index contributed by atoms with van der Waals surface area (Å²) in [5.41, 5.74) is -0.201. The molecule has 186 valence electrons. The van der Waals surface area contributed by atoms with Crippen LogP contribution in [0.3, 0.4) is 0 Å². The zero-order chi connectivity index (χ0) is 24.4. The van der Waals surface area contributed by atoms with Crippen LogP contribution < -0.4 is 10.6 Å². The fourth-order valence-corrected chi connectivity index (χ4v) is 4.60. The van der Waals surface area contributed by atoms with E-state index in [1.165, 1.54) is 4.90 Å².